The van der Waals surface area contributed by atoms with E-state index in [-0.39, 0.29) is 18.5 Å². The van der Waals surface area contributed by atoms with Crippen molar-refractivity contribution in [3.8, 4) is 0 Å². The number of nitrogens with zero attached hydrogens (tertiary/aromatic N) is 1. The molecule has 1 aliphatic heterocycles. The van der Waals surface area contributed by atoms with E-state index in [0.29, 0.717) is 25.6 Å². The molecule has 12 heteroatoms. The van der Waals surface area contributed by atoms with Crippen LogP contribution in [0.4, 0.5) is 18.9 Å². The van der Waals surface area contributed by atoms with E-state index in [4.69, 9.17) is 0 Å². The molecule has 23 heavy (non-hydrogen) atoms. The standard InChI is InChI=1S/C11H12F3N3O4S.ClH/c12-11(13,14)9-5-8(17(18)19)1-2-10(9)22(20,21)16-7-3-4-15-6-7;/h1-2,5,7,15-16H,3-4,6H2;1H. The van der Waals surface area contributed by atoms with E-state index in [9.17, 15) is 31.7 Å². The van der Waals surface area contributed by atoms with Crippen LogP contribution in [0.1, 0.15) is 12.0 Å². The lowest BCUT2D eigenvalue weighted by Crippen LogP contribution is -2.37. The monoisotopic (exact) mass is 375 g/mol. The molecule has 0 radical (unpaired) electrons. The molecule has 7 nitrogen and oxygen atoms in total. The van der Waals surface area contributed by atoms with Gasteiger partial charge in [-0.3, -0.25) is 10.1 Å². The van der Waals surface area contributed by atoms with Crippen molar-refractivity contribution in [3.05, 3.63) is 33.9 Å². The van der Waals surface area contributed by atoms with Gasteiger partial charge in [-0.05, 0) is 19.0 Å². The lowest BCUT2D eigenvalue weighted by atomic mass is 10.2. The number of sulfonamides is 1. The van der Waals surface area contributed by atoms with Crippen molar-refractivity contribution in [1.82, 2.24) is 10.0 Å². The number of hydrogen-bond acceptors (Lipinski definition) is 5. The number of non-ortho nitro benzene ring substituents is 1. The molecule has 2 rings (SSSR count). The van der Waals surface area contributed by atoms with Crippen LogP contribution in [0.25, 0.3) is 0 Å². The summed E-state index contributed by atoms with van der Waals surface area (Å²) < 4.78 is 65.5. The first-order valence-corrected chi connectivity index (χ1v) is 7.68. The summed E-state index contributed by atoms with van der Waals surface area (Å²) in [5.41, 5.74) is -2.38. The van der Waals surface area contributed by atoms with Gasteiger partial charge < -0.3 is 5.32 Å². The zero-order valence-corrected chi connectivity index (χ0v) is 13.1. The number of benzene rings is 1. The van der Waals surface area contributed by atoms with Gasteiger partial charge in [-0.15, -0.1) is 12.4 Å². The predicted molar refractivity (Wildman–Crippen MR) is 76.9 cm³/mol. The van der Waals surface area contributed by atoms with Gasteiger partial charge in [-0.1, -0.05) is 0 Å². The van der Waals surface area contributed by atoms with E-state index in [1.54, 1.807) is 0 Å². The molecule has 1 atom stereocenters. The molecule has 0 amide bonds. The molecule has 130 valence electrons. The second-order valence-corrected chi connectivity index (χ2v) is 6.43. The van der Waals surface area contributed by atoms with Crippen LogP contribution in [0, 0.1) is 10.1 Å². The van der Waals surface area contributed by atoms with Crippen molar-refractivity contribution in [2.75, 3.05) is 13.1 Å². The zero-order valence-electron chi connectivity index (χ0n) is 11.5. The van der Waals surface area contributed by atoms with Crippen molar-refractivity contribution >= 4 is 28.1 Å². The molecule has 1 aliphatic rings. The van der Waals surface area contributed by atoms with E-state index >= 15 is 0 Å². The Balaban J connectivity index is 0.00000264. The maximum Gasteiger partial charge on any atom is 0.417 e. The highest BCUT2D eigenvalue weighted by Gasteiger charge is 2.39. The fourth-order valence-corrected chi connectivity index (χ4v) is 3.60. The van der Waals surface area contributed by atoms with Crippen LogP contribution in [0.2, 0.25) is 0 Å². The summed E-state index contributed by atoms with van der Waals surface area (Å²) in [5, 5.41) is 13.5. The van der Waals surface area contributed by atoms with Gasteiger partial charge >= 0.3 is 6.18 Å². The van der Waals surface area contributed by atoms with Gasteiger partial charge in [0.1, 0.15) is 0 Å². The molecule has 1 fully saturated rings. The van der Waals surface area contributed by atoms with Crippen LogP contribution in [-0.2, 0) is 16.2 Å². The molecule has 1 saturated heterocycles. The first-order chi connectivity index (χ1) is 10.1. The van der Waals surface area contributed by atoms with E-state index in [1.807, 2.05) is 0 Å². The van der Waals surface area contributed by atoms with E-state index in [0.717, 1.165) is 6.07 Å². The van der Waals surface area contributed by atoms with Gasteiger partial charge in [0.25, 0.3) is 5.69 Å². The van der Waals surface area contributed by atoms with Crippen LogP contribution in [0.5, 0.6) is 0 Å². The quantitative estimate of drug-likeness (QED) is 0.616. The summed E-state index contributed by atoms with van der Waals surface area (Å²) >= 11 is 0. The molecular formula is C11H13ClF3N3O4S. The van der Waals surface area contributed by atoms with E-state index in [2.05, 4.69) is 10.0 Å². The lowest BCUT2D eigenvalue weighted by Gasteiger charge is -2.16. The zero-order chi connectivity index (χ0) is 16.5. The number of nitro groups is 1. The molecule has 1 aromatic rings. The van der Waals surface area contributed by atoms with Crippen molar-refractivity contribution in [2.24, 2.45) is 0 Å². The summed E-state index contributed by atoms with van der Waals surface area (Å²) in [6.45, 7) is 0.868. The van der Waals surface area contributed by atoms with Gasteiger partial charge in [0, 0.05) is 24.7 Å². The van der Waals surface area contributed by atoms with Crippen LogP contribution >= 0.6 is 12.4 Å². The Hall–Kier alpha value is -1.43. The summed E-state index contributed by atoms with van der Waals surface area (Å²) in [6, 6.07) is 1.05. The Morgan fingerprint density at radius 2 is 2.00 bits per heavy atom. The molecule has 2 N–H and O–H groups in total. The summed E-state index contributed by atoms with van der Waals surface area (Å²) in [7, 11) is -4.43. The summed E-state index contributed by atoms with van der Waals surface area (Å²) in [6.07, 6.45) is -4.57. The van der Waals surface area contributed by atoms with Gasteiger partial charge in [-0.2, -0.15) is 13.2 Å². The fourth-order valence-electron chi connectivity index (χ4n) is 2.13. The Morgan fingerprint density at radius 3 is 2.48 bits per heavy atom. The number of halogens is 4. The summed E-state index contributed by atoms with van der Waals surface area (Å²) in [5.74, 6) is 0. The smallest absolute Gasteiger partial charge is 0.315 e. The average Bonchev–Trinajstić information content (AvgIpc) is 2.89. The third kappa shape index (κ3) is 4.53. The molecule has 1 aromatic carbocycles. The maximum absolute atomic E-state index is 13.0. The molecule has 1 unspecified atom stereocenters. The molecular weight excluding hydrogens is 363 g/mol. The third-order valence-corrected chi connectivity index (χ3v) is 4.73. The fraction of sp³-hybridized carbons (Fsp3) is 0.455. The highest BCUT2D eigenvalue weighted by Crippen LogP contribution is 2.36. The number of alkyl halides is 3. The average molecular weight is 376 g/mol. The predicted octanol–water partition coefficient (Wildman–Crippen LogP) is 1.68. The molecule has 0 aliphatic carbocycles. The minimum atomic E-state index is -5.02. The van der Waals surface area contributed by atoms with Gasteiger partial charge in [0.15, 0.2) is 0 Å². The Morgan fingerprint density at radius 1 is 1.35 bits per heavy atom. The molecule has 1 heterocycles. The largest absolute Gasteiger partial charge is 0.417 e. The molecule has 0 saturated carbocycles. The first kappa shape index (κ1) is 19.6. The minimum absolute atomic E-state index is 0. The van der Waals surface area contributed by atoms with Crippen LogP contribution in [0.15, 0.2) is 23.1 Å². The van der Waals surface area contributed by atoms with Crippen molar-refractivity contribution in [1.29, 1.82) is 0 Å². The van der Waals surface area contributed by atoms with Crippen LogP contribution in [-0.4, -0.2) is 32.5 Å². The van der Waals surface area contributed by atoms with Crippen LogP contribution in [0.3, 0.4) is 0 Å². The van der Waals surface area contributed by atoms with Crippen molar-refractivity contribution < 1.29 is 26.5 Å². The third-order valence-electron chi connectivity index (χ3n) is 3.15. The Labute approximate surface area is 135 Å². The number of nitrogens with one attached hydrogen (secondary N) is 2. The highest BCUT2D eigenvalue weighted by atomic mass is 35.5. The number of hydrogen-bond donors (Lipinski definition) is 2. The number of rotatable bonds is 4. The molecule has 0 aromatic heterocycles. The molecule has 0 bridgehead atoms. The Bertz CT molecular complexity index is 690. The maximum atomic E-state index is 13.0. The first-order valence-electron chi connectivity index (χ1n) is 6.20. The Kier molecular flexibility index (Phi) is 5.96. The van der Waals surface area contributed by atoms with Crippen molar-refractivity contribution in [3.63, 3.8) is 0 Å². The van der Waals surface area contributed by atoms with Gasteiger partial charge in [0.2, 0.25) is 10.0 Å². The molecule has 0 spiro atoms. The summed E-state index contributed by atoms with van der Waals surface area (Å²) in [4.78, 5) is 8.55. The lowest BCUT2D eigenvalue weighted by molar-refractivity contribution is -0.385. The SMILES string of the molecule is Cl.O=[N+]([O-])c1ccc(S(=O)(=O)NC2CCNC2)c(C(F)(F)F)c1. The normalized spacial score (nSPS) is 18.5. The van der Waals surface area contributed by atoms with Crippen LogP contribution < -0.4 is 10.0 Å². The minimum Gasteiger partial charge on any atom is -0.315 e. The van der Waals surface area contributed by atoms with Gasteiger partial charge in [-0.25, -0.2) is 13.1 Å². The van der Waals surface area contributed by atoms with E-state index in [1.165, 1.54) is 0 Å². The van der Waals surface area contributed by atoms with E-state index < -0.39 is 43.3 Å². The number of nitro benzene ring substituents is 1. The second kappa shape index (κ2) is 6.99. The highest BCUT2D eigenvalue weighted by molar-refractivity contribution is 7.89. The van der Waals surface area contributed by atoms with Crippen molar-refractivity contribution in [2.45, 2.75) is 23.5 Å². The topological polar surface area (TPSA) is 101 Å². The second-order valence-electron chi connectivity index (χ2n) is 4.75. The van der Waals surface area contributed by atoms with Gasteiger partial charge in [0.05, 0.1) is 15.4 Å².